The minimum atomic E-state index is -1.68. The second kappa shape index (κ2) is 6.16. The second-order valence-electron chi connectivity index (χ2n) is 4.20. The lowest BCUT2D eigenvalue weighted by molar-refractivity contribution is -0.153. The Morgan fingerprint density at radius 2 is 2.14 bits per heavy atom. The Morgan fingerprint density at radius 3 is 2.50 bits per heavy atom. The first-order chi connectivity index (χ1) is 6.40. The van der Waals surface area contributed by atoms with E-state index in [4.69, 9.17) is 4.53 Å². The summed E-state index contributed by atoms with van der Waals surface area (Å²) in [6.45, 7) is 10.4. The minimum Gasteiger partial charge on any atom is -0.317 e. The molecule has 0 spiro atoms. The third-order valence-corrected chi connectivity index (χ3v) is 2.99. The molecule has 0 aromatic rings. The van der Waals surface area contributed by atoms with Crippen molar-refractivity contribution in [2.75, 3.05) is 6.54 Å². The summed E-state index contributed by atoms with van der Waals surface area (Å²) in [6, 6.07) is 1.19. The van der Waals surface area contributed by atoms with Crippen molar-refractivity contribution in [3.05, 3.63) is 12.7 Å². The van der Waals surface area contributed by atoms with E-state index in [9.17, 15) is 4.79 Å². The maximum Gasteiger partial charge on any atom is 0.268 e. The van der Waals surface area contributed by atoms with Crippen LogP contribution in [0.1, 0.15) is 6.42 Å². The van der Waals surface area contributed by atoms with Gasteiger partial charge in [-0.3, -0.25) is 4.79 Å². The van der Waals surface area contributed by atoms with Crippen LogP contribution in [0.4, 0.5) is 0 Å². The molecule has 0 aromatic heterocycles. The third kappa shape index (κ3) is 6.12. The van der Waals surface area contributed by atoms with Gasteiger partial charge in [-0.1, -0.05) is 12.6 Å². The van der Waals surface area contributed by atoms with E-state index < -0.39 is 8.32 Å². The summed E-state index contributed by atoms with van der Waals surface area (Å²) >= 11 is 0. The molecule has 0 saturated carbocycles. The molecule has 0 bridgehead atoms. The molecule has 14 heavy (non-hydrogen) atoms. The smallest absolute Gasteiger partial charge is 0.268 e. The van der Waals surface area contributed by atoms with Crippen LogP contribution in [-0.2, 0) is 9.32 Å². The molecule has 3 nitrogen and oxygen atoms in total. The van der Waals surface area contributed by atoms with Gasteiger partial charge in [0.05, 0.1) is 0 Å². The molecule has 0 radical (unpaired) electrons. The first-order valence-corrected chi connectivity index (χ1v) is 9.86. The highest BCUT2D eigenvalue weighted by molar-refractivity contribution is 6.69. The fraction of sp³-hybridized carbons (Fsp3) is 0.667. The number of hydrogen-bond acceptors (Lipinski definition) is 2. The van der Waals surface area contributed by atoms with E-state index in [1.54, 1.807) is 0 Å². The zero-order valence-electron chi connectivity index (χ0n) is 9.67. The molecule has 5 heteroatoms. The summed E-state index contributed by atoms with van der Waals surface area (Å²) in [4.78, 5) is 11.4. The Kier molecular flexibility index (Phi) is 5.98. The summed E-state index contributed by atoms with van der Waals surface area (Å²) in [5.41, 5.74) is 0. The minimum absolute atomic E-state index is 0.123. The molecule has 0 fully saturated rings. The van der Waals surface area contributed by atoms with Crippen LogP contribution < -0.4 is 0 Å². The van der Waals surface area contributed by atoms with Gasteiger partial charge in [-0.25, -0.2) is 5.06 Å². The number of amides is 1. The number of nitrogens with zero attached hydrogens (tertiary/aromatic N) is 1. The molecule has 0 aliphatic rings. The molecule has 0 saturated heterocycles. The van der Waals surface area contributed by atoms with Crippen molar-refractivity contribution in [3.63, 3.8) is 0 Å². The number of hydrogen-bond donors (Lipinski definition) is 0. The predicted molar refractivity (Wildman–Crippen MR) is 65.7 cm³/mol. The lowest BCUT2D eigenvalue weighted by atomic mass is 10.4. The van der Waals surface area contributed by atoms with Crippen LogP contribution in [0, 0.1) is 0 Å². The van der Waals surface area contributed by atoms with Crippen molar-refractivity contribution in [1.82, 2.24) is 5.06 Å². The van der Waals surface area contributed by atoms with Crippen molar-refractivity contribution >= 4 is 24.5 Å². The van der Waals surface area contributed by atoms with Gasteiger partial charge in [0.1, 0.15) is 0 Å². The molecule has 0 aromatic carbocycles. The van der Waals surface area contributed by atoms with E-state index in [0.29, 0.717) is 6.54 Å². The van der Waals surface area contributed by atoms with Gasteiger partial charge >= 0.3 is 0 Å². The summed E-state index contributed by atoms with van der Waals surface area (Å²) in [5, 5.41) is 1.47. The Hall–Kier alpha value is -0.396. The molecule has 0 rings (SSSR count). The quantitative estimate of drug-likeness (QED) is 0.387. The molecule has 0 atom stereocenters. The Bertz CT molecular complexity index is 201. The highest BCUT2D eigenvalue weighted by Crippen LogP contribution is 2.08. The molecular formula is C9H21NO2Si2. The number of carbonyl (C=O) groups excluding carboxylic acids is 1. The summed E-state index contributed by atoms with van der Waals surface area (Å²) < 4.78 is 5.66. The summed E-state index contributed by atoms with van der Waals surface area (Å²) in [6.07, 6.45) is 2.34. The molecule has 0 unspecified atom stereocenters. The fourth-order valence-corrected chi connectivity index (χ4v) is 2.09. The van der Waals surface area contributed by atoms with Gasteiger partial charge in [0.25, 0.3) is 5.91 Å². The molecule has 0 aliphatic carbocycles. The van der Waals surface area contributed by atoms with Gasteiger partial charge in [0, 0.05) is 16.8 Å². The van der Waals surface area contributed by atoms with Crippen molar-refractivity contribution in [2.24, 2.45) is 0 Å². The van der Waals surface area contributed by atoms with Crippen LogP contribution in [-0.4, -0.2) is 36.1 Å². The molecule has 0 aliphatic heterocycles. The van der Waals surface area contributed by atoms with Crippen LogP contribution in [0.3, 0.4) is 0 Å². The molecule has 0 heterocycles. The zero-order valence-corrected chi connectivity index (χ0v) is 12.7. The topological polar surface area (TPSA) is 29.5 Å². The van der Waals surface area contributed by atoms with Gasteiger partial charge in [0.15, 0.2) is 0 Å². The SMILES string of the molecule is C=CC(=O)N(CCC[SiH3])O[Si](C)(C)C. The first kappa shape index (κ1) is 13.6. The normalized spacial score (nSPS) is 11.4. The maximum atomic E-state index is 11.4. The predicted octanol–water partition coefficient (Wildman–Crippen LogP) is 0.941. The highest BCUT2D eigenvalue weighted by Gasteiger charge is 2.22. The Balaban J connectivity index is 4.24. The average Bonchev–Trinajstić information content (AvgIpc) is 2.09. The largest absolute Gasteiger partial charge is 0.317 e. The van der Waals surface area contributed by atoms with Crippen molar-refractivity contribution in [2.45, 2.75) is 32.1 Å². The van der Waals surface area contributed by atoms with Crippen LogP contribution in [0.25, 0.3) is 0 Å². The zero-order chi connectivity index (χ0) is 11.2. The van der Waals surface area contributed by atoms with Gasteiger partial charge in [-0.15, -0.1) is 0 Å². The number of carbonyl (C=O) groups is 1. The molecule has 0 N–H and O–H groups in total. The van der Waals surface area contributed by atoms with E-state index in [-0.39, 0.29) is 5.91 Å². The van der Waals surface area contributed by atoms with Crippen LogP contribution in [0.2, 0.25) is 25.7 Å². The van der Waals surface area contributed by atoms with E-state index in [0.717, 1.165) is 6.42 Å². The molecular weight excluding hydrogens is 210 g/mol. The Labute approximate surface area is 90.6 Å². The van der Waals surface area contributed by atoms with Crippen molar-refractivity contribution < 1.29 is 9.32 Å². The first-order valence-electron chi connectivity index (χ1n) is 5.03. The van der Waals surface area contributed by atoms with E-state index in [2.05, 4.69) is 26.2 Å². The highest BCUT2D eigenvalue weighted by atomic mass is 28.4. The van der Waals surface area contributed by atoms with Crippen LogP contribution in [0.5, 0.6) is 0 Å². The van der Waals surface area contributed by atoms with Crippen molar-refractivity contribution in [3.8, 4) is 0 Å². The molecule has 82 valence electrons. The lowest BCUT2D eigenvalue weighted by Gasteiger charge is -2.28. The van der Waals surface area contributed by atoms with Gasteiger partial charge in [-0.2, -0.15) is 0 Å². The van der Waals surface area contributed by atoms with E-state index >= 15 is 0 Å². The van der Waals surface area contributed by atoms with Crippen LogP contribution >= 0.6 is 0 Å². The van der Waals surface area contributed by atoms with E-state index in [1.165, 1.54) is 27.4 Å². The van der Waals surface area contributed by atoms with Gasteiger partial charge < -0.3 is 4.53 Å². The van der Waals surface area contributed by atoms with Gasteiger partial charge in [-0.05, 0) is 32.1 Å². The average molecular weight is 231 g/mol. The summed E-state index contributed by atoms with van der Waals surface area (Å²) in [5.74, 6) is -0.123. The number of rotatable bonds is 6. The Morgan fingerprint density at radius 1 is 1.57 bits per heavy atom. The second-order valence-corrected chi connectivity index (χ2v) is 9.61. The maximum absolute atomic E-state index is 11.4. The summed E-state index contributed by atoms with van der Waals surface area (Å²) in [7, 11) is -0.505. The third-order valence-electron chi connectivity index (χ3n) is 1.52. The van der Waals surface area contributed by atoms with Gasteiger partial charge in [0.2, 0.25) is 8.32 Å². The molecule has 1 amide bonds. The monoisotopic (exact) mass is 231 g/mol. The fourth-order valence-electron chi connectivity index (χ4n) is 0.935. The number of hydroxylamine groups is 2. The van der Waals surface area contributed by atoms with Crippen LogP contribution in [0.15, 0.2) is 12.7 Å². The van der Waals surface area contributed by atoms with E-state index in [1.807, 2.05) is 0 Å². The lowest BCUT2D eigenvalue weighted by Crippen LogP contribution is -2.40. The van der Waals surface area contributed by atoms with Crippen molar-refractivity contribution in [1.29, 1.82) is 0 Å². The standard InChI is InChI=1S/C9H21NO2Si2/c1-5-9(11)10(7-6-8-13)12-14(2,3)4/h5H,1,6-8H2,2-4,13H3.